The second-order valence-corrected chi connectivity index (χ2v) is 8.08. The molecule has 1 aliphatic rings. The van der Waals surface area contributed by atoms with Crippen molar-refractivity contribution >= 4 is 46.6 Å². The number of nitrogens with one attached hydrogen (secondary N) is 2. The van der Waals surface area contributed by atoms with Crippen molar-refractivity contribution in [2.45, 2.75) is 16.6 Å². The molecule has 2 N–H and O–H groups in total. The van der Waals surface area contributed by atoms with Crippen LogP contribution < -0.4 is 15.4 Å². The molecule has 0 fully saturated rings. The predicted octanol–water partition coefficient (Wildman–Crippen LogP) is 5.57. The van der Waals surface area contributed by atoms with Gasteiger partial charge in [0.15, 0.2) is 5.75 Å². The topological polar surface area (TPSA) is 67.4 Å². The Kier molecular flexibility index (Phi) is 5.74. The lowest BCUT2D eigenvalue weighted by molar-refractivity contribution is -0.120. The molecule has 1 aliphatic heterocycles. The first kappa shape index (κ1) is 19.4. The Morgan fingerprint density at radius 1 is 1.07 bits per heavy atom. The molecule has 1 heterocycles. The van der Waals surface area contributed by atoms with Crippen LogP contribution in [0.1, 0.15) is 6.42 Å². The number of fused-ring (bicyclic) bond motifs is 1. The van der Waals surface area contributed by atoms with E-state index in [1.807, 2.05) is 54.6 Å². The summed E-state index contributed by atoms with van der Waals surface area (Å²) in [4.78, 5) is 25.9. The molecule has 0 aliphatic carbocycles. The predicted molar refractivity (Wildman–Crippen MR) is 116 cm³/mol. The molecule has 0 unspecified atom stereocenters. The summed E-state index contributed by atoms with van der Waals surface area (Å²) in [6.45, 7) is 0. The van der Waals surface area contributed by atoms with Crippen LogP contribution in [0.15, 0.2) is 77.7 Å². The number of halogens is 1. The average molecular weight is 425 g/mol. The molecule has 3 aromatic carbocycles. The van der Waals surface area contributed by atoms with E-state index < -0.39 is 5.25 Å². The van der Waals surface area contributed by atoms with Gasteiger partial charge in [-0.25, -0.2) is 0 Å². The highest BCUT2D eigenvalue weighted by molar-refractivity contribution is 8.01. The minimum absolute atomic E-state index is 0.0299. The van der Waals surface area contributed by atoms with Crippen molar-refractivity contribution < 1.29 is 14.3 Å². The van der Waals surface area contributed by atoms with Gasteiger partial charge in [-0.2, -0.15) is 0 Å². The van der Waals surface area contributed by atoms with Crippen LogP contribution in [0.3, 0.4) is 0 Å². The minimum Gasteiger partial charge on any atom is -0.455 e. The van der Waals surface area contributed by atoms with Crippen molar-refractivity contribution in [2.75, 3.05) is 10.6 Å². The van der Waals surface area contributed by atoms with Crippen LogP contribution in [0.4, 0.5) is 11.4 Å². The first-order valence-corrected chi connectivity index (χ1v) is 10.2. The highest BCUT2D eigenvalue weighted by atomic mass is 35.5. The van der Waals surface area contributed by atoms with Gasteiger partial charge in [0.2, 0.25) is 11.8 Å². The fourth-order valence-corrected chi connectivity index (χ4v) is 4.18. The first-order valence-electron chi connectivity index (χ1n) is 8.97. The monoisotopic (exact) mass is 424 g/mol. The molecule has 2 amide bonds. The van der Waals surface area contributed by atoms with Crippen LogP contribution in [-0.4, -0.2) is 17.1 Å². The number of hydrogen-bond acceptors (Lipinski definition) is 4. The van der Waals surface area contributed by atoms with E-state index in [0.717, 1.165) is 10.6 Å². The highest BCUT2D eigenvalue weighted by Gasteiger charge is 2.29. The summed E-state index contributed by atoms with van der Waals surface area (Å²) in [5.41, 5.74) is 1.22. The summed E-state index contributed by atoms with van der Waals surface area (Å²) < 4.78 is 5.87. The number of para-hydroxylation sites is 2. The van der Waals surface area contributed by atoms with Crippen molar-refractivity contribution in [3.05, 3.63) is 77.8 Å². The van der Waals surface area contributed by atoms with Gasteiger partial charge in [-0.1, -0.05) is 41.9 Å². The number of hydrogen-bond donors (Lipinski definition) is 2. The molecule has 0 bridgehead atoms. The Bertz CT molecular complexity index is 1060. The zero-order valence-corrected chi connectivity index (χ0v) is 16.8. The molecule has 7 heteroatoms. The van der Waals surface area contributed by atoms with Crippen LogP contribution >= 0.6 is 23.4 Å². The Morgan fingerprint density at radius 2 is 1.83 bits per heavy atom. The zero-order chi connectivity index (χ0) is 20.2. The molecule has 0 saturated heterocycles. The van der Waals surface area contributed by atoms with Gasteiger partial charge in [0.05, 0.1) is 16.6 Å². The molecule has 0 aromatic heterocycles. The molecular weight excluding hydrogens is 408 g/mol. The number of amides is 2. The van der Waals surface area contributed by atoms with Gasteiger partial charge < -0.3 is 15.4 Å². The van der Waals surface area contributed by atoms with Crippen LogP contribution in [0.25, 0.3) is 0 Å². The summed E-state index contributed by atoms with van der Waals surface area (Å²) >= 11 is 7.48. The maximum absolute atomic E-state index is 12.7. The third-order valence-electron chi connectivity index (χ3n) is 4.26. The van der Waals surface area contributed by atoms with Gasteiger partial charge in [-0.05, 0) is 42.5 Å². The van der Waals surface area contributed by atoms with E-state index in [9.17, 15) is 9.59 Å². The summed E-state index contributed by atoms with van der Waals surface area (Å²) in [6, 6.07) is 21.8. The van der Waals surface area contributed by atoms with E-state index in [1.54, 1.807) is 18.2 Å². The van der Waals surface area contributed by atoms with Crippen molar-refractivity contribution in [1.82, 2.24) is 0 Å². The second-order valence-electron chi connectivity index (χ2n) is 6.40. The quantitative estimate of drug-likeness (QED) is 0.561. The molecule has 29 heavy (non-hydrogen) atoms. The third kappa shape index (κ3) is 4.72. The molecular formula is C22H17ClN2O3S. The maximum atomic E-state index is 12.7. The van der Waals surface area contributed by atoms with E-state index in [2.05, 4.69) is 10.6 Å². The largest absolute Gasteiger partial charge is 0.455 e. The number of anilines is 2. The Morgan fingerprint density at radius 3 is 2.66 bits per heavy atom. The number of thioether (sulfide) groups is 1. The van der Waals surface area contributed by atoms with E-state index in [-0.39, 0.29) is 18.2 Å². The van der Waals surface area contributed by atoms with Gasteiger partial charge >= 0.3 is 0 Å². The lowest BCUT2D eigenvalue weighted by atomic mass is 10.2. The Balaban J connectivity index is 1.47. The van der Waals surface area contributed by atoms with Gasteiger partial charge in [0.1, 0.15) is 5.75 Å². The normalized spacial score (nSPS) is 15.2. The van der Waals surface area contributed by atoms with Gasteiger partial charge in [-0.15, -0.1) is 11.8 Å². The molecule has 0 radical (unpaired) electrons. The number of rotatable bonds is 5. The van der Waals surface area contributed by atoms with Crippen LogP contribution in [0, 0.1) is 0 Å². The molecule has 146 valence electrons. The van der Waals surface area contributed by atoms with Crippen LogP contribution in [0.2, 0.25) is 5.02 Å². The van der Waals surface area contributed by atoms with Crippen LogP contribution in [-0.2, 0) is 9.59 Å². The van der Waals surface area contributed by atoms with E-state index in [0.29, 0.717) is 22.2 Å². The average Bonchev–Trinajstić information content (AvgIpc) is 2.71. The molecule has 0 saturated carbocycles. The maximum Gasteiger partial charge on any atom is 0.238 e. The third-order valence-corrected chi connectivity index (χ3v) is 5.77. The summed E-state index contributed by atoms with van der Waals surface area (Å²) in [5, 5.41) is 5.63. The number of ether oxygens (including phenoxy) is 1. The van der Waals surface area contributed by atoms with E-state index >= 15 is 0 Å². The van der Waals surface area contributed by atoms with Gasteiger partial charge in [-0.3, -0.25) is 9.59 Å². The summed E-state index contributed by atoms with van der Waals surface area (Å²) in [5.74, 6) is 0.636. The molecule has 0 spiro atoms. The number of carbonyl (C=O) groups is 2. The standard InChI is InChI=1S/C22H17ClN2O3S/c23-14-10-11-18(28-15-6-2-1-3-7-15)17(12-14)24-21(26)13-20-22(27)25-16-8-4-5-9-19(16)29-20/h1-12,20H,13H2,(H,24,26)(H,25,27)/t20-/m1/s1. The van der Waals surface area contributed by atoms with Gasteiger partial charge in [0, 0.05) is 16.3 Å². The Labute approximate surface area is 177 Å². The van der Waals surface area contributed by atoms with E-state index in [1.165, 1.54) is 11.8 Å². The summed E-state index contributed by atoms with van der Waals surface area (Å²) in [7, 11) is 0. The van der Waals surface area contributed by atoms with Crippen molar-refractivity contribution in [3.8, 4) is 11.5 Å². The Hall–Kier alpha value is -2.96. The number of benzene rings is 3. The molecule has 1 atom stereocenters. The lowest BCUT2D eigenvalue weighted by Gasteiger charge is -2.23. The first-order chi connectivity index (χ1) is 14.1. The lowest BCUT2D eigenvalue weighted by Crippen LogP contribution is -2.32. The fourth-order valence-electron chi connectivity index (χ4n) is 2.90. The molecule has 3 aromatic rings. The number of carbonyl (C=O) groups excluding carboxylic acids is 2. The van der Waals surface area contributed by atoms with Crippen molar-refractivity contribution in [1.29, 1.82) is 0 Å². The molecule has 5 nitrogen and oxygen atoms in total. The van der Waals surface area contributed by atoms with Crippen molar-refractivity contribution in [2.24, 2.45) is 0 Å². The smallest absolute Gasteiger partial charge is 0.238 e. The fraction of sp³-hybridized carbons (Fsp3) is 0.0909. The minimum atomic E-state index is -0.512. The van der Waals surface area contributed by atoms with Crippen molar-refractivity contribution in [3.63, 3.8) is 0 Å². The van der Waals surface area contributed by atoms with Crippen LogP contribution in [0.5, 0.6) is 11.5 Å². The highest BCUT2D eigenvalue weighted by Crippen LogP contribution is 2.37. The second kappa shape index (κ2) is 8.59. The van der Waals surface area contributed by atoms with Gasteiger partial charge in [0.25, 0.3) is 0 Å². The molecule has 4 rings (SSSR count). The zero-order valence-electron chi connectivity index (χ0n) is 15.2. The van der Waals surface area contributed by atoms with E-state index in [4.69, 9.17) is 16.3 Å². The SMILES string of the molecule is O=C(C[C@H]1Sc2ccccc2NC1=O)Nc1cc(Cl)ccc1Oc1ccccc1. The summed E-state index contributed by atoms with van der Waals surface area (Å²) in [6.07, 6.45) is 0.0299.